The Bertz CT molecular complexity index is 820. The fourth-order valence-corrected chi connectivity index (χ4v) is 2.13. The molecule has 0 atom stereocenters. The van der Waals surface area contributed by atoms with Crippen LogP contribution in [0, 0.1) is 5.82 Å². The molecule has 8 heteroatoms. The number of amides is 2. The maximum atomic E-state index is 13.9. The molecule has 0 fully saturated rings. The third-order valence-electron chi connectivity index (χ3n) is 3.14. The van der Waals surface area contributed by atoms with Crippen LogP contribution in [0.25, 0.3) is 0 Å². The number of halogens is 2. The van der Waals surface area contributed by atoms with Gasteiger partial charge in [0, 0.05) is 44.6 Å². The van der Waals surface area contributed by atoms with Crippen molar-refractivity contribution in [2.24, 2.45) is 0 Å². The minimum atomic E-state index is -1.91. The maximum Gasteiger partial charge on any atom is 0.251 e. The molecule has 6 nitrogen and oxygen atoms in total. The van der Waals surface area contributed by atoms with Crippen molar-refractivity contribution in [3.8, 4) is 5.75 Å². The molecule has 0 saturated carbocycles. The van der Waals surface area contributed by atoms with Crippen molar-refractivity contribution in [1.29, 1.82) is 0 Å². The van der Waals surface area contributed by atoms with Crippen LogP contribution in [0.15, 0.2) is 36.5 Å². The Hall–Kier alpha value is -3.03. The molecule has 0 aliphatic carbocycles. The van der Waals surface area contributed by atoms with Crippen LogP contribution in [0.3, 0.4) is 0 Å². The van der Waals surface area contributed by atoms with Gasteiger partial charge >= 0.3 is 0 Å². The number of alkyl halides is 1. The van der Waals surface area contributed by atoms with E-state index in [1.54, 1.807) is 0 Å². The molecular formula is C18H19F2N3O3. The number of aromatic nitrogens is 1. The summed E-state index contributed by atoms with van der Waals surface area (Å²) in [5, 5.41) is 5.03. The number of anilines is 1. The highest BCUT2D eigenvalue weighted by Gasteiger charge is 2.18. The van der Waals surface area contributed by atoms with Gasteiger partial charge < -0.3 is 15.4 Å². The Labute approximate surface area is 149 Å². The summed E-state index contributed by atoms with van der Waals surface area (Å²) in [5.74, 6) is -2.87. The fourth-order valence-electron chi connectivity index (χ4n) is 2.13. The summed E-state index contributed by atoms with van der Waals surface area (Å²) in [6.45, 7) is 3.67. The molecule has 1 heterocycles. The molecule has 1 aromatic heterocycles. The molecule has 0 aliphatic heterocycles. The predicted molar refractivity (Wildman–Crippen MR) is 91.9 cm³/mol. The summed E-state index contributed by atoms with van der Waals surface area (Å²) < 4.78 is 32.5. The number of pyridine rings is 1. The van der Waals surface area contributed by atoms with Crippen molar-refractivity contribution in [2.75, 3.05) is 5.32 Å². The second-order valence-electron chi connectivity index (χ2n) is 6.01. The Morgan fingerprint density at radius 1 is 1.23 bits per heavy atom. The molecule has 0 aliphatic rings. The standard InChI is InChI=1S/C18H19F2N3O3/c1-11(24)23-16-9-12(6-7-21-16)17(25)22-10-13-8-14(4-5-15(13)19)26-18(2,3)20/h4-9H,10H2,1-3H3,(H,22,25)(H,21,23,24). The van der Waals surface area contributed by atoms with Crippen molar-refractivity contribution in [3.63, 3.8) is 0 Å². The van der Waals surface area contributed by atoms with Gasteiger partial charge in [-0.3, -0.25) is 9.59 Å². The molecule has 0 unspecified atom stereocenters. The van der Waals surface area contributed by atoms with Crippen LogP contribution in [0.2, 0.25) is 0 Å². The fraction of sp³-hybridized carbons (Fsp3) is 0.278. The predicted octanol–water partition coefficient (Wildman–Crippen LogP) is 3.19. The quantitative estimate of drug-likeness (QED) is 0.826. The lowest BCUT2D eigenvalue weighted by molar-refractivity contribution is -0.114. The van der Waals surface area contributed by atoms with Gasteiger partial charge in [-0.1, -0.05) is 0 Å². The van der Waals surface area contributed by atoms with Crippen LogP contribution in [-0.4, -0.2) is 22.7 Å². The van der Waals surface area contributed by atoms with Gasteiger partial charge in [0.25, 0.3) is 5.91 Å². The number of hydrogen-bond donors (Lipinski definition) is 2. The van der Waals surface area contributed by atoms with Crippen molar-refractivity contribution >= 4 is 17.6 Å². The van der Waals surface area contributed by atoms with Crippen molar-refractivity contribution in [3.05, 3.63) is 53.5 Å². The summed E-state index contributed by atoms with van der Waals surface area (Å²) in [7, 11) is 0. The summed E-state index contributed by atoms with van der Waals surface area (Å²) in [5.41, 5.74) is 0.401. The monoisotopic (exact) mass is 363 g/mol. The van der Waals surface area contributed by atoms with Gasteiger partial charge in [-0.2, -0.15) is 4.39 Å². The van der Waals surface area contributed by atoms with Crippen molar-refractivity contribution in [2.45, 2.75) is 33.2 Å². The molecule has 138 valence electrons. The molecule has 0 radical (unpaired) electrons. The second kappa shape index (κ2) is 7.90. The lowest BCUT2D eigenvalue weighted by Crippen LogP contribution is -2.24. The first-order chi connectivity index (χ1) is 12.1. The highest BCUT2D eigenvalue weighted by Crippen LogP contribution is 2.22. The van der Waals surface area contributed by atoms with Gasteiger partial charge in [0.05, 0.1) is 0 Å². The number of nitrogens with zero attached hydrogens (tertiary/aromatic N) is 1. The van der Waals surface area contributed by atoms with E-state index >= 15 is 0 Å². The van der Waals surface area contributed by atoms with E-state index in [0.29, 0.717) is 0 Å². The third-order valence-corrected chi connectivity index (χ3v) is 3.14. The van der Waals surface area contributed by atoms with Gasteiger partial charge in [-0.05, 0) is 30.3 Å². The first kappa shape index (κ1) is 19.3. The van der Waals surface area contributed by atoms with E-state index in [0.717, 1.165) is 6.07 Å². The number of benzene rings is 1. The first-order valence-electron chi connectivity index (χ1n) is 7.82. The van der Waals surface area contributed by atoms with Gasteiger partial charge in [-0.15, -0.1) is 0 Å². The number of hydrogen-bond acceptors (Lipinski definition) is 4. The van der Waals surface area contributed by atoms with E-state index in [1.165, 1.54) is 51.2 Å². The van der Waals surface area contributed by atoms with E-state index in [2.05, 4.69) is 15.6 Å². The largest absolute Gasteiger partial charge is 0.459 e. The molecule has 0 spiro atoms. The van der Waals surface area contributed by atoms with Gasteiger partial charge in [0.1, 0.15) is 17.4 Å². The van der Waals surface area contributed by atoms with E-state index in [-0.39, 0.29) is 35.1 Å². The highest BCUT2D eigenvalue weighted by molar-refractivity contribution is 5.96. The molecule has 2 aromatic rings. The second-order valence-corrected chi connectivity index (χ2v) is 6.01. The van der Waals surface area contributed by atoms with Gasteiger partial charge in [0.2, 0.25) is 11.8 Å². The summed E-state index contributed by atoms with van der Waals surface area (Å²) >= 11 is 0. The summed E-state index contributed by atoms with van der Waals surface area (Å²) in [6, 6.07) is 6.64. The van der Waals surface area contributed by atoms with Crippen LogP contribution >= 0.6 is 0 Å². The highest BCUT2D eigenvalue weighted by atomic mass is 19.2. The Morgan fingerprint density at radius 3 is 2.62 bits per heavy atom. The number of carbonyl (C=O) groups is 2. The maximum absolute atomic E-state index is 13.9. The molecule has 2 N–H and O–H groups in total. The zero-order valence-electron chi connectivity index (χ0n) is 14.6. The van der Waals surface area contributed by atoms with Crippen LogP contribution in [0.5, 0.6) is 5.75 Å². The zero-order chi connectivity index (χ0) is 19.3. The van der Waals surface area contributed by atoms with Crippen LogP contribution in [0.1, 0.15) is 36.7 Å². The Balaban J connectivity index is 2.07. The van der Waals surface area contributed by atoms with Crippen molar-refractivity contribution < 1.29 is 23.1 Å². The van der Waals surface area contributed by atoms with Crippen LogP contribution in [0.4, 0.5) is 14.6 Å². The lowest BCUT2D eigenvalue weighted by atomic mass is 10.2. The minimum Gasteiger partial charge on any atom is -0.459 e. The number of rotatable bonds is 6. The van der Waals surface area contributed by atoms with Gasteiger partial charge in [0.15, 0.2) is 0 Å². The lowest BCUT2D eigenvalue weighted by Gasteiger charge is -2.18. The Kier molecular flexibility index (Phi) is 5.86. The Morgan fingerprint density at radius 2 is 1.96 bits per heavy atom. The van der Waals surface area contributed by atoms with Gasteiger partial charge in [-0.25, -0.2) is 9.37 Å². The molecule has 0 saturated heterocycles. The topological polar surface area (TPSA) is 80.3 Å². The normalized spacial score (nSPS) is 11.0. The van der Waals surface area contributed by atoms with E-state index in [4.69, 9.17) is 4.74 Å². The smallest absolute Gasteiger partial charge is 0.251 e. The number of nitrogens with one attached hydrogen (secondary N) is 2. The third kappa shape index (κ3) is 5.80. The number of carbonyl (C=O) groups excluding carboxylic acids is 2. The molecule has 2 rings (SSSR count). The van der Waals surface area contributed by atoms with E-state index in [1.807, 2.05) is 0 Å². The average molecular weight is 363 g/mol. The zero-order valence-corrected chi connectivity index (χ0v) is 14.6. The molecule has 26 heavy (non-hydrogen) atoms. The van der Waals surface area contributed by atoms with Crippen molar-refractivity contribution in [1.82, 2.24) is 10.3 Å². The summed E-state index contributed by atoms with van der Waals surface area (Å²) in [4.78, 5) is 27.2. The molecular weight excluding hydrogens is 344 g/mol. The average Bonchev–Trinajstić information content (AvgIpc) is 2.53. The van der Waals surface area contributed by atoms with Crippen LogP contribution < -0.4 is 15.4 Å². The molecule has 0 bridgehead atoms. The SMILES string of the molecule is CC(=O)Nc1cc(C(=O)NCc2cc(OC(C)(C)F)ccc2F)ccn1. The van der Waals surface area contributed by atoms with E-state index < -0.39 is 17.6 Å². The molecule has 2 amide bonds. The molecule has 1 aromatic carbocycles. The number of ether oxygens (including phenoxy) is 1. The summed E-state index contributed by atoms with van der Waals surface area (Å²) in [6.07, 6.45) is 1.37. The first-order valence-corrected chi connectivity index (χ1v) is 7.82. The minimum absolute atomic E-state index is 0.119. The van der Waals surface area contributed by atoms with E-state index in [9.17, 15) is 18.4 Å². The van der Waals surface area contributed by atoms with Crippen LogP contribution in [-0.2, 0) is 11.3 Å².